The highest BCUT2D eigenvalue weighted by Gasteiger charge is 2.13. The van der Waals surface area contributed by atoms with Crippen molar-refractivity contribution in [2.75, 3.05) is 6.54 Å². The van der Waals surface area contributed by atoms with E-state index in [2.05, 4.69) is 10.6 Å². The van der Waals surface area contributed by atoms with Gasteiger partial charge in [0.1, 0.15) is 5.69 Å². The van der Waals surface area contributed by atoms with Gasteiger partial charge in [0, 0.05) is 31.9 Å². The fraction of sp³-hybridized carbons (Fsp3) is 0.333. The Labute approximate surface area is 106 Å². The van der Waals surface area contributed by atoms with Gasteiger partial charge in [0.05, 0.1) is 4.99 Å². The van der Waals surface area contributed by atoms with Crippen LogP contribution in [0.5, 0.6) is 0 Å². The molecule has 0 atom stereocenters. The largest absolute Gasteiger partial charge is 0.356 e. The summed E-state index contributed by atoms with van der Waals surface area (Å²) in [6.45, 7) is 2.51. The first-order valence-corrected chi connectivity index (χ1v) is 5.86. The lowest BCUT2D eigenvalue weighted by Gasteiger charge is -2.07. The van der Waals surface area contributed by atoms with Crippen LogP contribution in [-0.2, 0) is 7.05 Å². The highest BCUT2D eigenvalue weighted by Crippen LogP contribution is 2.08. The molecule has 0 unspecified atom stereocenters. The fourth-order valence-corrected chi connectivity index (χ4v) is 1.97. The number of nitrogens with zero attached hydrogens (tertiary/aromatic N) is 1. The first-order chi connectivity index (χ1) is 8.08. The van der Waals surface area contributed by atoms with Gasteiger partial charge >= 0.3 is 0 Å². The highest BCUT2D eigenvalue weighted by atomic mass is 32.1. The molecule has 0 aliphatic carbocycles. The molecular formula is C12H15N3OS. The lowest BCUT2D eigenvalue weighted by molar-refractivity contribution is 0.0948. The average molecular weight is 249 g/mol. The molecule has 0 radical (unpaired) electrons. The van der Waals surface area contributed by atoms with Gasteiger partial charge in [0.15, 0.2) is 0 Å². The molecule has 4 nitrogen and oxygen atoms in total. The van der Waals surface area contributed by atoms with Crippen LogP contribution < -0.4 is 10.6 Å². The first-order valence-electron chi connectivity index (χ1n) is 5.45. The molecule has 1 aromatic rings. The molecule has 0 fully saturated rings. The molecule has 5 heteroatoms. The molecule has 90 valence electrons. The average Bonchev–Trinajstić information content (AvgIpc) is 2.84. The zero-order valence-electron chi connectivity index (χ0n) is 9.91. The Kier molecular flexibility index (Phi) is 3.28. The molecule has 2 rings (SSSR count). The number of aryl methyl sites for hydroxylation is 1. The Morgan fingerprint density at radius 2 is 2.35 bits per heavy atom. The highest BCUT2D eigenvalue weighted by molar-refractivity contribution is 7.80. The summed E-state index contributed by atoms with van der Waals surface area (Å²) in [5.74, 6) is -0.0562. The maximum absolute atomic E-state index is 11.9. The van der Waals surface area contributed by atoms with E-state index in [1.54, 1.807) is 0 Å². The predicted molar refractivity (Wildman–Crippen MR) is 70.9 cm³/mol. The van der Waals surface area contributed by atoms with E-state index in [9.17, 15) is 4.79 Å². The summed E-state index contributed by atoms with van der Waals surface area (Å²) in [6.07, 6.45) is 2.60. The van der Waals surface area contributed by atoms with Crippen LogP contribution in [0.2, 0.25) is 0 Å². The van der Waals surface area contributed by atoms with Crippen LogP contribution in [0.1, 0.15) is 22.6 Å². The van der Waals surface area contributed by atoms with Gasteiger partial charge in [-0.05, 0) is 24.6 Å². The second-order valence-electron chi connectivity index (χ2n) is 4.15. The Hall–Kier alpha value is -1.62. The number of amides is 1. The van der Waals surface area contributed by atoms with Crippen LogP contribution in [-0.4, -0.2) is 22.0 Å². The molecule has 0 saturated heterocycles. The molecule has 1 amide bonds. The van der Waals surface area contributed by atoms with Crippen LogP contribution >= 0.6 is 12.2 Å². The third-order valence-electron chi connectivity index (χ3n) is 2.91. The van der Waals surface area contributed by atoms with Gasteiger partial charge in [-0.1, -0.05) is 12.2 Å². The van der Waals surface area contributed by atoms with E-state index in [1.807, 2.05) is 36.9 Å². The van der Waals surface area contributed by atoms with Crippen molar-refractivity contribution in [3.63, 3.8) is 0 Å². The quantitative estimate of drug-likeness (QED) is 0.793. The smallest absolute Gasteiger partial charge is 0.268 e. The van der Waals surface area contributed by atoms with Crippen molar-refractivity contribution in [3.05, 3.63) is 35.3 Å². The molecule has 0 aromatic carbocycles. The van der Waals surface area contributed by atoms with Crippen molar-refractivity contribution in [3.8, 4) is 0 Å². The number of carbonyl (C=O) groups excluding carboxylic acids is 1. The number of nitrogens with one attached hydrogen (secondary N) is 2. The van der Waals surface area contributed by atoms with E-state index in [0.29, 0.717) is 12.2 Å². The lowest BCUT2D eigenvalue weighted by atomic mass is 10.2. The molecule has 1 aliphatic heterocycles. The van der Waals surface area contributed by atoms with Gasteiger partial charge in [0.25, 0.3) is 5.91 Å². The van der Waals surface area contributed by atoms with Gasteiger partial charge in [-0.2, -0.15) is 0 Å². The van der Waals surface area contributed by atoms with Crippen LogP contribution in [0, 0.1) is 6.92 Å². The first kappa shape index (κ1) is 11.9. The summed E-state index contributed by atoms with van der Waals surface area (Å²) < 4.78 is 1.88. The van der Waals surface area contributed by atoms with Crippen LogP contribution in [0.4, 0.5) is 0 Å². The SMILES string of the molecule is Cc1ccc(C(=O)NCC2=CNC(=S)C2)n1C. The van der Waals surface area contributed by atoms with E-state index < -0.39 is 0 Å². The Morgan fingerprint density at radius 1 is 1.59 bits per heavy atom. The van der Waals surface area contributed by atoms with Gasteiger partial charge in [-0.15, -0.1) is 0 Å². The van der Waals surface area contributed by atoms with Crippen molar-refractivity contribution < 1.29 is 4.79 Å². The van der Waals surface area contributed by atoms with Gasteiger partial charge in [-0.25, -0.2) is 0 Å². The van der Waals surface area contributed by atoms with E-state index in [4.69, 9.17) is 12.2 Å². The number of rotatable bonds is 3. The minimum absolute atomic E-state index is 0.0562. The van der Waals surface area contributed by atoms with Crippen LogP contribution in [0.25, 0.3) is 0 Å². The summed E-state index contributed by atoms with van der Waals surface area (Å²) in [4.78, 5) is 12.7. The minimum Gasteiger partial charge on any atom is -0.356 e. The second-order valence-corrected chi connectivity index (χ2v) is 4.64. The number of aromatic nitrogens is 1. The van der Waals surface area contributed by atoms with Gasteiger partial charge < -0.3 is 15.2 Å². The number of hydrogen-bond acceptors (Lipinski definition) is 2. The Bertz CT molecular complexity index is 502. The summed E-state index contributed by atoms with van der Waals surface area (Å²) in [5, 5.41) is 5.85. The van der Waals surface area contributed by atoms with E-state index >= 15 is 0 Å². The monoisotopic (exact) mass is 249 g/mol. The minimum atomic E-state index is -0.0562. The maximum atomic E-state index is 11.9. The molecule has 1 aliphatic rings. The van der Waals surface area contributed by atoms with Crippen LogP contribution in [0.3, 0.4) is 0 Å². The normalized spacial score (nSPS) is 14.5. The molecule has 2 heterocycles. The van der Waals surface area contributed by atoms with Gasteiger partial charge in [-0.3, -0.25) is 4.79 Å². The molecule has 0 saturated carbocycles. The molecule has 17 heavy (non-hydrogen) atoms. The molecule has 1 aromatic heterocycles. The van der Waals surface area contributed by atoms with Crippen molar-refractivity contribution in [1.29, 1.82) is 0 Å². The summed E-state index contributed by atoms with van der Waals surface area (Å²) in [5.41, 5.74) is 2.85. The topological polar surface area (TPSA) is 46.1 Å². The zero-order valence-corrected chi connectivity index (χ0v) is 10.7. The van der Waals surface area contributed by atoms with E-state index in [1.165, 1.54) is 0 Å². The third kappa shape index (κ3) is 2.55. The molecule has 0 spiro atoms. The van der Waals surface area contributed by atoms with Crippen molar-refractivity contribution in [2.24, 2.45) is 7.05 Å². The Morgan fingerprint density at radius 3 is 2.88 bits per heavy atom. The summed E-state index contributed by atoms with van der Waals surface area (Å²) in [6, 6.07) is 3.76. The third-order valence-corrected chi connectivity index (χ3v) is 3.17. The molecule has 2 N–H and O–H groups in total. The van der Waals surface area contributed by atoms with Crippen molar-refractivity contribution in [1.82, 2.24) is 15.2 Å². The summed E-state index contributed by atoms with van der Waals surface area (Å²) >= 11 is 5.01. The second kappa shape index (κ2) is 4.71. The number of hydrogen-bond donors (Lipinski definition) is 2. The lowest BCUT2D eigenvalue weighted by Crippen LogP contribution is -2.27. The van der Waals surface area contributed by atoms with E-state index in [0.717, 1.165) is 22.7 Å². The molecular weight excluding hydrogens is 234 g/mol. The molecule has 0 bridgehead atoms. The standard InChI is InChI=1S/C12H15N3OS/c1-8-3-4-10(15(8)2)12(16)14-7-9-5-11(17)13-6-9/h3-4,6H,5,7H2,1-2H3,(H,13,17)(H,14,16). The predicted octanol–water partition coefficient (Wildman–Crippen LogP) is 1.27. The van der Waals surface area contributed by atoms with Crippen LogP contribution in [0.15, 0.2) is 23.9 Å². The van der Waals surface area contributed by atoms with Crippen molar-refractivity contribution >= 4 is 23.1 Å². The fourth-order valence-electron chi connectivity index (χ4n) is 1.73. The van der Waals surface area contributed by atoms with Crippen molar-refractivity contribution in [2.45, 2.75) is 13.3 Å². The Balaban J connectivity index is 1.94. The summed E-state index contributed by atoms with van der Waals surface area (Å²) in [7, 11) is 1.88. The number of carbonyl (C=O) groups is 1. The number of thiocarbonyl (C=S) groups is 1. The zero-order chi connectivity index (χ0) is 12.4. The van der Waals surface area contributed by atoms with Gasteiger partial charge in [0.2, 0.25) is 0 Å². The maximum Gasteiger partial charge on any atom is 0.268 e. The van der Waals surface area contributed by atoms with E-state index in [-0.39, 0.29) is 5.91 Å².